The number of nitrogens with one attached hydrogen (secondary N) is 1. The number of carbonyl (C=O) groups excluding carboxylic acids is 1. The summed E-state index contributed by atoms with van der Waals surface area (Å²) in [6, 6.07) is 5.58. The number of hydrogen-bond acceptors (Lipinski definition) is 3. The van der Waals surface area contributed by atoms with Gasteiger partial charge in [0.1, 0.15) is 0 Å². The van der Waals surface area contributed by atoms with Gasteiger partial charge >= 0.3 is 0 Å². The van der Waals surface area contributed by atoms with Gasteiger partial charge in [-0.25, -0.2) is 0 Å². The number of rotatable bonds is 3. The molecule has 0 radical (unpaired) electrons. The minimum atomic E-state index is -0.417. The predicted molar refractivity (Wildman–Crippen MR) is 79.0 cm³/mol. The summed E-state index contributed by atoms with van der Waals surface area (Å²) in [6.45, 7) is 4.59. The zero-order chi connectivity index (χ0) is 14.0. The number of hydrogen-bond donors (Lipinski definition) is 3. The van der Waals surface area contributed by atoms with Crippen LogP contribution in [0.4, 0.5) is 11.4 Å². The fraction of sp³-hybridized carbons (Fsp3) is 0.533. The molecule has 19 heavy (non-hydrogen) atoms. The molecule has 1 amide bonds. The van der Waals surface area contributed by atoms with Gasteiger partial charge in [-0.2, -0.15) is 0 Å². The van der Waals surface area contributed by atoms with Crippen molar-refractivity contribution in [2.24, 2.45) is 17.6 Å². The maximum absolute atomic E-state index is 11.4. The molecule has 1 aromatic rings. The summed E-state index contributed by atoms with van der Waals surface area (Å²) < 4.78 is 0. The molecule has 4 nitrogen and oxygen atoms in total. The third-order valence-electron chi connectivity index (χ3n) is 4.27. The Kier molecular flexibility index (Phi) is 3.98. The highest BCUT2D eigenvalue weighted by molar-refractivity contribution is 5.99. The standard InChI is InChI=1S/C15H23N3O/c1-9-3-5-12(7-10(9)2)18-14-8-11(16)4-6-13(14)15(17)19/h4,6,8-10,12,18H,3,5,7,16H2,1-2H3,(H2,17,19). The number of anilines is 2. The highest BCUT2D eigenvalue weighted by Gasteiger charge is 2.25. The molecule has 0 aromatic heterocycles. The van der Waals surface area contributed by atoms with Crippen LogP contribution < -0.4 is 16.8 Å². The van der Waals surface area contributed by atoms with Crippen molar-refractivity contribution in [1.82, 2.24) is 0 Å². The highest BCUT2D eigenvalue weighted by Crippen LogP contribution is 2.32. The summed E-state index contributed by atoms with van der Waals surface area (Å²) in [5.41, 5.74) is 13.1. The zero-order valence-corrected chi connectivity index (χ0v) is 11.6. The fourth-order valence-corrected chi connectivity index (χ4v) is 2.79. The van der Waals surface area contributed by atoms with E-state index in [1.807, 2.05) is 0 Å². The van der Waals surface area contributed by atoms with Crippen LogP contribution in [0.3, 0.4) is 0 Å². The Bertz CT molecular complexity index is 472. The topological polar surface area (TPSA) is 81.1 Å². The molecule has 1 fully saturated rings. The van der Waals surface area contributed by atoms with E-state index in [9.17, 15) is 4.79 Å². The number of nitrogens with two attached hydrogens (primary N) is 2. The van der Waals surface area contributed by atoms with E-state index in [2.05, 4.69) is 19.2 Å². The fourth-order valence-electron chi connectivity index (χ4n) is 2.79. The Balaban J connectivity index is 2.14. The first-order chi connectivity index (χ1) is 8.97. The van der Waals surface area contributed by atoms with E-state index in [-0.39, 0.29) is 0 Å². The van der Waals surface area contributed by atoms with Crippen molar-refractivity contribution >= 4 is 17.3 Å². The molecule has 0 aliphatic heterocycles. The molecular weight excluding hydrogens is 238 g/mol. The van der Waals surface area contributed by atoms with Gasteiger partial charge in [0.15, 0.2) is 0 Å². The van der Waals surface area contributed by atoms with Crippen molar-refractivity contribution in [3.8, 4) is 0 Å². The van der Waals surface area contributed by atoms with Crippen LogP contribution in [0.25, 0.3) is 0 Å². The van der Waals surface area contributed by atoms with Crippen molar-refractivity contribution < 1.29 is 4.79 Å². The molecule has 3 atom stereocenters. The van der Waals surface area contributed by atoms with Gasteiger partial charge in [0.2, 0.25) is 0 Å². The molecule has 0 bridgehead atoms. The van der Waals surface area contributed by atoms with E-state index in [1.54, 1.807) is 18.2 Å². The lowest BCUT2D eigenvalue weighted by atomic mass is 9.79. The molecule has 3 unspecified atom stereocenters. The number of benzene rings is 1. The zero-order valence-electron chi connectivity index (χ0n) is 11.6. The minimum Gasteiger partial charge on any atom is -0.399 e. The summed E-state index contributed by atoms with van der Waals surface area (Å²) in [6.07, 6.45) is 3.46. The number of primary amides is 1. The molecule has 2 rings (SSSR count). The molecular formula is C15H23N3O. The van der Waals surface area contributed by atoms with E-state index < -0.39 is 5.91 Å². The summed E-state index contributed by atoms with van der Waals surface area (Å²) in [7, 11) is 0. The lowest BCUT2D eigenvalue weighted by Gasteiger charge is -2.33. The maximum Gasteiger partial charge on any atom is 0.250 e. The Morgan fingerprint density at radius 2 is 2.00 bits per heavy atom. The molecule has 0 saturated heterocycles. The van der Waals surface area contributed by atoms with Crippen molar-refractivity contribution in [3.05, 3.63) is 23.8 Å². The third-order valence-corrected chi connectivity index (χ3v) is 4.27. The maximum atomic E-state index is 11.4. The predicted octanol–water partition coefficient (Wildman–Crippen LogP) is 2.60. The van der Waals surface area contributed by atoms with Gasteiger partial charge < -0.3 is 16.8 Å². The van der Waals surface area contributed by atoms with Gasteiger partial charge in [-0.3, -0.25) is 4.79 Å². The van der Waals surface area contributed by atoms with Gasteiger partial charge in [-0.05, 0) is 49.3 Å². The van der Waals surface area contributed by atoms with E-state index in [4.69, 9.17) is 11.5 Å². The molecule has 0 heterocycles. The van der Waals surface area contributed by atoms with Crippen molar-refractivity contribution in [3.63, 3.8) is 0 Å². The van der Waals surface area contributed by atoms with E-state index in [0.717, 1.165) is 24.4 Å². The van der Waals surface area contributed by atoms with E-state index in [1.165, 1.54) is 6.42 Å². The van der Waals surface area contributed by atoms with Crippen molar-refractivity contribution in [2.75, 3.05) is 11.1 Å². The number of carbonyl (C=O) groups is 1. The molecule has 104 valence electrons. The second-order valence-electron chi connectivity index (χ2n) is 5.78. The minimum absolute atomic E-state index is 0.395. The first kappa shape index (κ1) is 13.7. The average molecular weight is 261 g/mol. The lowest BCUT2D eigenvalue weighted by Crippen LogP contribution is -2.31. The molecule has 1 aromatic carbocycles. The van der Waals surface area contributed by atoms with Gasteiger partial charge in [-0.1, -0.05) is 13.8 Å². The molecule has 1 aliphatic rings. The van der Waals surface area contributed by atoms with Crippen LogP contribution in [0, 0.1) is 11.8 Å². The van der Waals surface area contributed by atoms with Gasteiger partial charge in [-0.15, -0.1) is 0 Å². The Labute approximate surface area is 114 Å². The first-order valence-corrected chi connectivity index (χ1v) is 6.93. The van der Waals surface area contributed by atoms with Gasteiger partial charge in [0, 0.05) is 17.4 Å². The number of nitrogen functional groups attached to an aromatic ring is 1. The lowest BCUT2D eigenvalue weighted by molar-refractivity contribution is 0.100. The largest absolute Gasteiger partial charge is 0.399 e. The van der Waals surface area contributed by atoms with Crippen molar-refractivity contribution in [2.45, 2.75) is 39.2 Å². The van der Waals surface area contributed by atoms with Crippen LogP contribution in [0.15, 0.2) is 18.2 Å². The van der Waals surface area contributed by atoms with Gasteiger partial charge in [0.05, 0.1) is 5.56 Å². The Morgan fingerprint density at radius 1 is 1.26 bits per heavy atom. The second kappa shape index (κ2) is 5.51. The normalized spacial score (nSPS) is 26.9. The van der Waals surface area contributed by atoms with Crippen LogP contribution in [0.2, 0.25) is 0 Å². The molecule has 1 aliphatic carbocycles. The van der Waals surface area contributed by atoms with Crippen LogP contribution in [0.1, 0.15) is 43.5 Å². The van der Waals surface area contributed by atoms with Crippen LogP contribution in [-0.4, -0.2) is 11.9 Å². The monoisotopic (exact) mass is 261 g/mol. The summed E-state index contributed by atoms with van der Waals surface area (Å²) >= 11 is 0. The first-order valence-electron chi connectivity index (χ1n) is 6.93. The van der Waals surface area contributed by atoms with Crippen LogP contribution in [-0.2, 0) is 0 Å². The van der Waals surface area contributed by atoms with Gasteiger partial charge in [0.25, 0.3) is 5.91 Å². The molecule has 1 saturated carbocycles. The average Bonchev–Trinajstić information content (AvgIpc) is 2.33. The molecule has 0 spiro atoms. The SMILES string of the molecule is CC1CCC(Nc2cc(N)ccc2C(N)=O)CC1C. The van der Waals surface area contributed by atoms with Crippen LogP contribution in [0.5, 0.6) is 0 Å². The Hall–Kier alpha value is -1.71. The highest BCUT2D eigenvalue weighted by atomic mass is 16.1. The van der Waals surface area contributed by atoms with E-state index in [0.29, 0.717) is 23.2 Å². The quantitative estimate of drug-likeness (QED) is 0.731. The molecule has 4 heteroatoms. The Morgan fingerprint density at radius 3 is 2.63 bits per heavy atom. The summed E-state index contributed by atoms with van der Waals surface area (Å²) in [5, 5.41) is 3.44. The smallest absolute Gasteiger partial charge is 0.250 e. The summed E-state index contributed by atoms with van der Waals surface area (Å²) in [4.78, 5) is 11.4. The van der Waals surface area contributed by atoms with E-state index >= 15 is 0 Å². The number of amides is 1. The summed E-state index contributed by atoms with van der Waals surface area (Å²) in [5.74, 6) is 1.05. The van der Waals surface area contributed by atoms with Crippen molar-refractivity contribution in [1.29, 1.82) is 0 Å². The second-order valence-corrected chi connectivity index (χ2v) is 5.78. The molecule has 5 N–H and O–H groups in total. The van der Waals surface area contributed by atoms with Crippen LogP contribution >= 0.6 is 0 Å². The third kappa shape index (κ3) is 3.19.